The number of benzene rings is 1. The van der Waals surface area contributed by atoms with Gasteiger partial charge in [0.1, 0.15) is 5.72 Å². The van der Waals surface area contributed by atoms with Crippen molar-refractivity contribution in [2.45, 2.75) is 90.6 Å². The fraction of sp³-hybridized carbons (Fsp3) is 0.652. The third-order valence-corrected chi connectivity index (χ3v) is 6.16. The first-order chi connectivity index (χ1) is 13.2. The molecule has 2 atom stereocenters. The molecular formula is C23H34N2O3. The minimum absolute atomic E-state index is 0.0249. The SMILES string of the molecule is CC(C)N1C(=O)C(c2ccc(C(=O)N[C@H](C)C3CCCCC3)cc2)OC1(C)C. The van der Waals surface area contributed by atoms with Gasteiger partial charge in [0.05, 0.1) is 0 Å². The van der Waals surface area contributed by atoms with Crippen LogP contribution in [-0.4, -0.2) is 34.5 Å². The summed E-state index contributed by atoms with van der Waals surface area (Å²) >= 11 is 0. The largest absolute Gasteiger partial charge is 0.349 e. The second-order valence-corrected chi connectivity index (χ2v) is 9.03. The van der Waals surface area contributed by atoms with Crippen molar-refractivity contribution in [3.05, 3.63) is 35.4 Å². The molecule has 0 aromatic heterocycles. The molecule has 1 saturated heterocycles. The predicted molar refractivity (Wildman–Crippen MR) is 110 cm³/mol. The topological polar surface area (TPSA) is 58.6 Å². The van der Waals surface area contributed by atoms with E-state index in [9.17, 15) is 9.59 Å². The Morgan fingerprint density at radius 3 is 2.25 bits per heavy atom. The van der Waals surface area contributed by atoms with Gasteiger partial charge in [0.25, 0.3) is 11.8 Å². The first kappa shape index (κ1) is 20.8. The number of carbonyl (C=O) groups excluding carboxylic acids is 2. The van der Waals surface area contributed by atoms with Gasteiger partial charge >= 0.3 is 0 Å². The van der Waals surface area contributed by atoms with Crippen LogP contribution in [0.4, 0.5) is 0 Å². The molecule has 1 heterocycles. The second kappa shape index (κ2) is 8.24. The van der Waals surface area contributed by atoms with Crippen molar-refractivity contribution in [1.29, 1.82) is 0 Å². The van der Waals surface area contributed by atoms with Gasteiger partial charge in [-0.3, -0.25) is 9.59 Å². The van der Waals surface area contributed by atoms with Crippen LogP contribution in [0.2, 0.25) is 0 Å². The zero-order chi connectivity index (χ0) is 20.5. The van der Waals surface area contributed by atoms with E-state index in [4.69, 9.17) is 4.74 Å². The lowest BCUT2D eigenvalue weighted by atomic mass is 9.84. The van der Waals surface area contributed by atoms with E-state index in [-0.39, 0.29) is 23.9 Å². The van der Waals surface area contributed by atoms with Gasteiger partial charge in [-0.1, -0.05) is 31.4 Å². The number of rotatable bonds is 5. The van der Waals surface area contributed by atoms with E-state index in [1.54, 1.807) is 17.0 Å². The van der Waals surface area contributed by atoms with Gasteiger partial charge in [-0.25, -0.2) is 0 Å². The number of amides is 2. The first-order valence-corrected chi connectivity index (χ1v) is 10.6. The molecule has 0 bridgehead atoms. The van der Waals surface area contributed by atoms with Gasteiger partial charge in [-0.15, -0.1) is 0 Å². The summed E-state index contributed by atoms with van der Waals surface area (Å²) in [6, 6.07) is 7.51. The Bertz CT molecular complexity index is 705. The molecule has 0 radical (unpaired) electrons. The van der Waals surface area contributed by atoms with Crippen LogP contribution in [0.3, 0.4) is 0 Å². The van der Waals surface area contributed by atoms with Gasteiger partial charge in [-0.05, 0) is 71.1 Å². The summed E-state index contributed by atoms with van der Waals surface area (Å²) < 4.78 is 6.04. The zero-order valence-electron chi connectivity index (χ0n) is 17.8. The molecule has 1 aromatic rings. The lowest BCUT2D eigenvalue weighted by Gasteiger charge is -2.32. The fourth-order valence-corrected chi connectivity index (χ4v) is 4.73. The molecule has 1 aromatic carbocycles. The highest BCUT2D eigenvalue weighted by Gasteiger charge is 2.47. The highest BCUT2D eigenvalue weighted by Crippen LogP contribution is 2.38. The Kier molecular flexibility index (Phi) is 6.13. The van der Waals surface area contributed by atoms with Crippen LogP contribution in [0.25, 0.3) is 0 Å². The molecule has 0 spiro atoms. The maximum atomic E-state index is 12.8. The first-order valence-electron chi connectivity index (χ1n) is 10.6. The smallest absolute Gasteiger partial charge is 0.258 e. The van der Waals surface area contributed by atoms with E-state index in [0.717, 1.165) is 5.56 Å². The van der Waals surface area contributed by atoms with E-state index in [1.165, 1.54) is 32.1 Å². The average molecular weight is 387 g/mol. The zero-order valence-corrected chi connectivity index (χ0v) is 17.8. The van der Waals surface area contributed by atoms with Crippen LogP contribution in [0.15, 0.2) is 24.3 Å². The van der Waals surface area contributed by atoms with Crippen molar-refractivity contribution in [2.75, 3.05) is 0 Å². The normalized spacial score (nSPS) is 23.9. The molecule has 154 valence electrons. The van der Waals surface area contributed by atoms with Gasteiger partial charge < -0.3 is 15.0 Å². The number of nitrogens with one attached hydrogen (secondary N) is 1. The van der Waals surface area contributed by atoms with E-state index in [2.05, 4.69) is 12.2 Å². The Labute approximate surface area is 168 Å². The highest BCUT2D eigenvalue weighted by atomic mass is 16.5. The lowest BCUT2D eigenvalue weighted by Crippen LogP contribution is -2.46. The summed E-state index contributed by atoms with van der Waals surface area (Å²) in [5.74, 6) is 0.501. The molecule has 2 fully saturated rings. The molecule has 1 aliphatic carbocycles. The molecule has 2 amide bonds. The Morgan fingerprint density at radius 1 is 1.11 bits per heavy atom. The molecule has 5 heteroatoms. The summed E-state index contributed by atoms with van der Waals surface area (Å²) in [5, 5.41) is 3.15. The molecule has 3 rings (SSSR count). The molecule has 1 unspecified atom stereocenters. The quantitative estimate of drug-likeness (QED) is 0.814. The minimum Gasteiger partial charge on any atom is -0.349 e. The molecule has 1 N–H and O–H groups in total. The fourth-order valence-electron chi connectivity index (χ4n) is 4.73. The lowest BCUT2D eigenvalue weighted by molar-refractivity contribution is -0.134. The van der Waals surface area contributed by atoms with Crippen LogP contribution in [0.1, 0.15) is 88.7 Å². The number of carbonyl (C=O) groups is 2. The van der Waals surface area contributed by atoms with E-state index in [1.807, 2.05) is 39.8 Å². The van der Waals surface area contributed by atoms with Crippen LogP contribution in [0.5, 0.6) is 0 Å². The van der Waals surface area contributed by atoms with Crippen molar-refractivity contribution < 1.29 is 14.3 Å². The van der Waals surface area contributed by atoms with E-state index in [0.29, 0.717) is 11.5 Å². The molecule has 28 heavy (non-hydrogen) atoms. The second-order valence-electron chi connectivity index (χ2n) is 9.03. The van der Waals surface area contributed by atoms with Crippen molar-refractivity contribution in [1.82, 2.24) is 10.2 Å². The predicted octanol–water partition coefficient (Wildman–Crippen LogP) is 4.43. The van der Waals surface area contributed by atoms with Crippen LogP contribution >= 0.6 is 0 Å². The third-order valence-electron chi connectivity index (χ3n) is 6.16. The van der Waals surface area contributed by atoms with Gasteiger partial charge in [0.2, 0.25) is 0 Å². The monoisotopic (exact) mass is 386 g/mol. The summed E-state index contributed by atoms with van der Waals surface area (Å²) in [6.45, 7) is 9.92. The maximum Gasteiger partial charge on any atom is 0.258 e. The Morgan fingerprint density at radius 2 is 1.71 bits per heavy atom. The van der Waals surface area contributed by atoms with Crippen LogP contribution < -0.4 is 5.32 Å². The van der Waals surface area contributed by atoms with E-state index >= 15 is 0 Å². The van der Waals surface area contributed by atoms with Crippen molar-refractivity contribution in [3.63, 3.8) is 0 Å². The summed E-state index contributed by atoms with van der Waals surface area (Å²) in [7, 11) is 0. The molecule has 5 nitrogen and oxygen atoms in total. The number of ether oxygens (including phenoxy) is 1. The summed E-state index contributed by atoms with van der Waals surface area (Å²) in [6.07, 6.45) is 5.62. The number of hydrogen-bond acceptors (Lipinski definition) is 3. The minimum atomic E-state index is -0.638. The highest BCUT2D eigenvalue weighted by molar-refractivity contribution is 5.94. The Hall–Kier alpha value is -1.88. The van der Waals surface area contributed by atoms with Crippen molar-refractivity contribution in [2.24, 2.45) is 5.92 Å². The maximum absolute atomic E-state index is 12.8. The van der Waals surface area contributed by atoms with Crippen molar-refractivity contribution >= 4 is 11.8 Å². The van der Waals surface area contributed by atoms with Crippen LogP contribution in [0, 0.1) is 5.92 Å². The van der Waals surface area contributed by atoms with E-state index < -0.39 is 11.8 Å². The van der Waals surface area contributed by atoms with Gasteiger partial charge in [-0.2, -0.15) is 0 Å². The van der Waals surface area contributed by atoms with Gasteiger partial charge in [0.15, 0.2) is 6.10 Å². The van der Waals surface area contributed by atoms with Gasteiger partial charge in [0, 0.05) is 17.6 Å². The standard InChI is InChI=1S/C23H34N2O3/c1-15(2)25-22(27)20(28-23(25,4)5)18-11-13-19(14-12-18)21(26)24-16(3)17-9-7-6-8-10-17/h11-17,20H,6-10H2,1-5H3,(H,24,26)/t16-,20?/m1/s1. The Balaban J connectivity index is 1.66. The summed E-state index contributed by atoms with van der Waals surface area (Å²) in [5.41, 5.74) is 0.774. The van der Waals surface area contributed by atoms with Crippen molar-refractivity contribution in [3.8, 4) is 0 Å². The third kappa shape index (κ3) is 4.24. The number of nitrogens with zero attached hydrogens (tertiary/aromatic N) is 1. The molecule has 1 saturated carbocycles. The van der Waals surface area contributed by atoms with Crippen LogP contribution in [-0.2, 0) is 9.53 Å². The average Bonchev–Trinajstić information content (AvgIpc) is 2.91. The molecule has 1 aliphatic heterocycles. The molecule has 2 aliphatic rings. The molecular weight excluding hydrogens is 352 g/mol. The number of hydrogen-bond donors (Lipinski definition) is 1. The summed E-state index contributed by atoms with van der Waals surface area (Å²) in [4.78, 5) is 27.2.